The summed E-state index contributed by atoms with van der Waals surface area (Å²) in [6.45, 7) is 0. The Morgan fingerprint density at radius 3 is 2.54 bits per heavy atom. The molecule has 0 aliphatic carbocycles. The van der Waals surface area contributed by atoms with Crippen LogP contribution in [0.15, 0.2) is 73.1 Å². The van der Waals surface area contributed by atoms with E-state index >= 15 is 0 Å². The van der Waals surface area contributed by atoms with Crippen molar-refractivity contribution >= 4 is 28.1 Å². The third-order valence-corrected chi connectivity index (χ3v) is 3.86. The molecular formula is C19H13N5O2. The number of nitro groups is 1. The molecule has 0 radical (unpaired) electrons. The molecule has 0 aliphatic heterocycles. The summed E-state index contributed by atoms with van der Waals surface area (Å²) >= 11 is 0. The van der Waals surface area contributed by atoms with Crippen molar-refractivity contribution in [2.45, 2.75) is 0 Å². The SMILES string of the molecule is O=[N+]([O-])c1cccc(Nc2nc(-c3ccncc3)nc3ccccc23)c1. The quantitative estimate of drug-likeness (QED) is 0.437. The maximum atomic E-state index is 11.0. The molecule has 4 rings (SSSR count). The van der Waals surface area contributed by atoms with Crippen LogP contribution < -0.4 is 5.32 Å². The Labute approximate surface area is 148 Å². The van der Waals surface area contributed by atoms with Crippen LogP contribution in [-0.4, -0.2) is 19.9 Å². The molecule has 2 aromatic heterocycles. The molecule has 4 aromatic rings. The van der Waals surface area contributed by atoms with Crippen LogP contribution in [0.5, 0.6) is 0 Å². The fraction of sp³-hybridized carbons (Fsp3) is 0. The second-order valence-corrected chi connectivity index (χ2v) is 5.58. The van der Waals surface area contributed by atoms with Gasteiger partial charge in [0.2, 0.25) is 0 Å². The molecule has 1 N–H and O–H groups in total. The highest BCUT2D eigenvalue weighted by atomic mass is 16.6. The van der Waals surface area contributed by atoms with Gasteiger partial charge in [-0.2, -0.15) is 0 Å². The van der Waals surface area contributed by atoms with Gasteiger partial charge in [0.1, 0.15) is 5.82 Å². The van der Waals surface area contributed by atoms with E-state index < -0.39 is 4.92 Å². The number of hydrogen-bond donors (Lipinski definition) is 1. The van der Waals surface area contributed by atoms with E-state index in [1.807, 2.05) is 36.4 Å². The lowest BCUT2D eigenvalue weighted by atomic mass is 10.2. The van der Waals surface area contributed by atoms with E-state index in [0.717, 1.165) is 16.5 Å². The molecule has 0 spiro atoms. The highest BCUT2D eigenvalue weighted by Gasteiger charge is 2.11. The summed E-state index contributed by atoms with van der Waals surface area (Å²) in [5.74, 6) is 1.14. The molecule has 7 heteroatoms. The summed E-state index contributed by atoms with van der Waals surface area (Å²) in [6.07, 6.45) is 3.36. The number of hydrogen-bond acceptors (Lipinski definition) is 6. The van der Waals surface area contributed by atoms with Crippen LogP contribution in [0.4, 0.5) is 17.2 Å². The lowest BCUT2D eigenvalue weighted by molar-refractivity contribution is -0.384. The first-order valence-electron chi connectivity index (χ1n) is 7.89. The van der Waals surface area contributed by atoms with Gasteiger partial charge in [-0.05, 0) is 30.3 Å². The van der Waals surface area contributed by atoms with E-state index in [-0.39, 0.29) is 5.69 Å². The molecule has 0 bridgehead atoms. The molecular weight excluding hydrogens is 330 g/mol. The number of pyridine rings is 1. The highest BCUT2D eigenvalue weighted by Crippen LogP contribution is 2.28. The topological polar surface area (TPSA) is 93.8 Å². The zero-order chi connectivity index (χ0) is 17.9. The number of nitrogens with one attached hydrogen (secondary N) is 1. The Bertz CT molecular complexity index is 1100. The van der Waals surface area contributed by atoms with Gasteiger partial charge in [-0.15, -0.1) is 0 Å². The molecule has 0 unspecified atom stereocenters. The third-order valence-electron chi connectivity index (χ3n) is 3.86. The number of benzene rings is 2. The van der Waals surface area contributed by atoms with Crippen LogP contribution in [0.25, 0.3) is 22.3 Å². The van der Waals surface area contributed by atoms with E-state index in [0.29, 0.717) is 17.3 Å². The summed E-state index contributed by atoms with van der Waals surface area (Å²) in [6, 6.07) is 17.6. The normalized spacial score (nSPS) is 10.6. The van der Waals surface area contributed by atoms with Gasteiger partial charge in [-0.25, -0.2) is 9.97 Å². The smallest absolute Gasteiger partial charge is 0.271 e. The maximum Gasteiger partial charge on any atom is 0.271 e. The molecule has 126 valence electrons. The summed E-state index contributed by atoms with van der Waals surface area (Å²) in [4.78, 5) is 23.8. The fourth-order valence-corrected chi connectivity index (χ4v) is 2.64. The number of nitrogens with zero attached hydrogens (tertiary/aromatic N) is 4. The highest BCUT2D eigenvalue weighted by molar-refractivity contribution is 5.92. The second-order valence-electron chi connectivity index (χ2n) is 5.58. The van der Waals surface area contributed by atoms with Crippen molar-refractivity contribution in [1.29, 1.82) is 0 Å². The molecule has 0 saturated heterocycles. The number of aromatic nitrogens is 3. The fourth-order valence-electron chi connectivity index (χ4n) is 2.64. The maximum absolute atomic E-state index is 11.0. The van der Waals surface area contributed by atoms with Gasteiger partial charge in [-0.1, -0.05) is 18.2 Å². The zero-order valence-electron chi connectivity index (χ0n) is 13.5. The summed E-state index contributed by atoms with van der Waals surface area (Å²) in [5.41, 5.74) is 2.22. The van der Waals surface area contributed by atoms with E-state index in [4.69, 9.17) is 0 Å². The van der Waals surface area contributed by atoms with E-state index in [2.05, 4.69) is 20.3 Å². The summed E-state index contributed by atoms with van der Waals surface area (Å²) < 4.78 is 0. The standard InChI is InChI=1S/C19H13N5O2/c25-24(26)15-5-3-4-14(12-15)21-19-16-6-1-2-7-17(16)22-18(23-19)13-8-10-20-11-9-13/h1-12H,(H,21,22,23). The van der Waals surface area contributed by atoms with E-state index in [9.17, 15) is 10.1 Å². The summed E-state index contributed by atoms with van der Waals surface area (Å²) in [5, 5.41) is 15.0. The van der Waals surface area contributed by atoms with Crippen molar-refractivity contribution < 1.29 is 4.92 Å². The van der Waals surface area contributed by atoms with Gasteiger partial charge in [-0.3, -0.25) is 15.1 Å². The number of anilines is 2. The largest absolute Gasteiger partial charge is 0.339 e. The van der Waals surface area contributed by atoms with E-state index in [1.165, 1.54) is 12.1 Å². The second kappa shape index (κ2) is 6.56. The van der Waals surface area contributed by atoms with Gasteiger partial charge in [0.15, 0.2) is 5.82 Å². The van der Waals surface area contributed by atoms with Crippen LogP contribution in [0.2, 0.25) is 0 Å². The van der Waals surface area contributed by atoms with Crippen LogP contribution in [0.3, 0.4) is 0 Å². The van der Waals surface area contributed by atoms with Gasteiger partial charge in [0.25, 0.3) is 5.69 Å². The summed E-state index contributed by atoms with van der Waals surface area (Å²) in [7, 11) is 0. The van der Waals surface area contributed by atoms with Gasteiger partial charge < -0.3 is 5.32 Å². The van der Waals surface area contributed by atoms with Crippen LogP contribution in [-0.2, 0) is 0 Å². The Morgan fingerprint density at radius 2 is 1.73 bits per heavy atom. The molecule has 0 saturated carbocycles. The third kappa shape index (κ3) is 3.05. The monoisotopic (exact) mass is 343 g/mol. The van der Waals surface area contributed by atoms with Crippen LogP contribution >= 0.6 is 0 Å². The Morgan fingerprint density at radius 1 is 0.923 bits per heavy atom. The molecule has 7 nitrogen and oxygen atoms in total. The first kappa shape index (κ1) is 15.6. The number of fused-ring (bicyclic) bond motifs is 1. The molecule has 2 heterocycles. The van der Waals surface area contributed by atoms with Gasteiger partial charge in [0, 0.05) is 41.2 Å². The molecule has 0 amide bonds. The molecule has 26 heavy (non-hydrogen) atoms. The number of nitro benzene ring substituents is 1. The Balaban J connectivity index is 1.83. The minimum Gasteiger partial charge on any atom is -0.339 e. The Hall–Kier alpha value is -3.87. The number of para-hydroxylation sites is 1. The van der Waals surface area contributed by atoms with Crippen molar-refractivity contribution in [3.05, 3.63) is 83.2 Å². The molecule has 0 aliphatic rings. The van der Waals surface area contributed by atoms with Crippen molar-refractivity contribution in [3.8, 4) is 11.4 Å². The average molecular weight is 343 g/mol. The predicted molar refractivity (Wildman–Crippen MR) is 99.1 cm³/mol. The predicted octanol–water partition coefficient (Wildman–Crippen LogP) is 4.34. The average Bonchev–Trinajstić information content (AvgIpc) is 2.69. The first-order chi connectivity index (χ1) is 12.7. The molecule has 2 aromatic carbocycles. The molecule has 0 fully saturated rings. The first-order valence-corrected chi connectivity index (χ1v) is 7.89. The van der Waals surface area contributed by atoms with Crippen LogP contribution in [0, 0.1) is 10.1 Å². The van der Waals surface area contributed by atoms with Crippen molar-refractivity contribution in [2.75, 3.05) is 5.32 Å². The van der Waals surface area contributed by atoms with Gasteiger partial charge >= 0.3 is 0 Å². The van der Waals surface area contributed by atoms with Crippen molar-refractivity contribution in [3.63, 3.8) is 0 Å². The van der Waals surface area contributed by atoms with Crippen molar-refractivity contribution in [1.82, 2.24) is 15.0 Å². The zero-order valence-corrected chi connectivity index (χ0v) is 13.5. The minimum atomic E-state index is -0.425. The number of rotatable bonds is 4. The minimum absolute atomic E-state index is 0.0164. The van der Waals surface area contributed by atoms with Crippen molar-refractivity contribution in [2.24, 2.45) is 0 Å². The lowest BCUT2D eigenvalue weighted by Gasteiger charge is -2.11. The van der Waals surface area contributed by atoms with Gasteiger partial charge in [0.05, 0.1) is 10.4 Å². The number of non-ortho nitro benzene ring substituents is 1. The lowest BCUT2D eigenvalue weighted by Crippen LogP contribution is -2.00. The van der Waals surface area contributed by atoms with E-state index in [1.54, 1.807) is 24.5 Å². The molecule has 0 atom stereocenters. The van der Waals surface area contributed by atoms with Crippen LogP contribution in [0.1, 0.15) is 0 Å². The Kier molecular flexibility index (Phi) is 3.95.